The zero-order valence-electron chi connectivity index (χ0n) is 23.8. The molecule has 1 heterocycles. The summed E-state index contributed by atoms with van der Waals surface area (Å²) in [5.41, 5.74) is 3.34. The number of carbonyl (C=O) groups excluding carboxylic acids is 1. The number of allylic oxidation sites excluding steroid dienone is 3. The van der Waals surface area contributed by atoms with Gasteiger partial charge in [-0.2, -0.15) is 0 Å². The van der Waals surface area contributed by atoms with Crippen LogP contribution in [0, 0.1) is 46.3 Å². The Kier molecular flexibility index (Phi) is 7.54. The molecule has 5 rings (SSSR count). The molecule has 38 heavy (non-hydrogen) atoms. The molecule has 0 spiro atoms. The van der Waals surface area contributed by atoms with Crippen molar-refractivity contribution in [1.29, 1.82) is 0 Å². The van der Waals surface area contributed by atoms with E-state index in [4.69, 9.17) is 9.47 Å². The van der Waals surface area contributed by atoms with Crippen LogP contribution in [0.4, 0.5) is 0 Å². The van der Waals surface area contributed by atoms with Crippen LogP contribution in [-0.2, 0) is 14.3 Å². The third-order valence-corrected chi connectivity index (χ3v) is 11.5. The fraction of sp³-hybridized carbons (Fsp3) is 0.839. The van der Waals surface area contributed by atoms with Gasteiger partial charge in [0.15, 0.2) is 6.29 Å². The molecule has 4 unspecified atom stereocenters. The van der Waals surface area contributed by atoms with Crippen molar-refractivity contribution >= 4 is 6.29 Å². The van der Waals surface area contributed by atoms with E-state index in [9.17, 15) is 25.2 Å². The Morgan fingerprint density at radius 3 is 2.50 bits per heavy atom. The summed E-state index contributed by atoms with van der Waals surface area (Å²) in [7, 11) is 0. The Morgan fingerprint density at radius 1 is 1.13 bits per heavy atom. The van der Waals surface area contributed by atoms with E-state index in [0.717, 1.165) is 44.0 Å². The number of aldehydes is 1. The van der Waals surface area contributed by atoms with Crippen LogP contribution in [0.2, 0.25) is 0 Å². The molecular weight excluding hydrogens is 484 g/mol. The molecule has 0 aromatic carbocycles. The van der Waals surface area contributed by atoms with E-state index < -0.39 is 24.6 Å². The van der Waals surface area contributed by atoms with Crippen LogP contribution in [0.5, 0.6) is 0 Å². The van der Waals surface area contributed by atoms with Crippen LogP contribution < -0.4 is 0 Å². The van der Waals surface area contributed by atoms with Crippen molar-refractivity contribution in [1.82, 2.24) is 0 Å². The summed E-state index contributed by atoms with van der Waals surface area (Å²) >= 11 is 0. The third kappa shape index (κ3) is 4.36. The van der Waals surface area contributed by atoms with Gasteiger partial charge in [0.05, 0.1) is 18.8 Å². The Balaban J connectivity index is 1.48. The molecule has 1 saturated heterocycles. The maximum absolute atomic E-state index is 12.6. The molecule has 0 bridgehead atoms. The van der Waals surface area contributed by atoms with Crippen molar-refractivity contribution in [3.8, 4) is 0 Å². The number of aliphatic hydroxyl groups is 4. The largest absolute Gasteiger partial charge is 0.393 e. The van der Waals surface area contributed by atoms with Gasteiger partial charge in [-0.3, -0.25) is 4.79 Å². The van der Waals surface area contributed by atoms with Gasteiger partial charge in [-0.1, -0.05) is 51.8 Å². The molecule has 7 heteroatoms. The second-order valence-corrected chi connectivity index (χ2v) is 14.1. The van der Waals surface area contributed by atoms with E-state index in [-0.39, 0.29) is 53.3 Å². The zero-order chi connectivity index (χ0) is 27.7. The molecule has 0 radical (unpaired) electrons. The molecule has 4 fully saturated rings. The fourth-order valence-electron chi connectivity index (χ4n) is 9.56. The van der Waals surface area contributed by atoms with Gasteiger partial charge in [0.2, 0.25) is 0 Å². The van der Waals surface area contributed by atoms with Crippen LogP contribution in [0.25, 0.3) is 0 Å². The Labute approximate surface area is 227 Å². The first-order chi connectivity index (χ1) is 17.8. The van der Waals surface area contributed by atoms with Crippen molar-refractivity contribution in [3.05, 3.63) is 22.8 Å². The fourth-order valence-corrected chi connectivity index (χ4v) is 9.56. The minimum atomic E-state index is -1.31. The minimum absolute atomic E-state index is 0.000275. The molecule has 0 aromatic rings. The summed E-state index contributed by atoms with van der Waals surface area (Å²) in [4.78, 5) is 12.6. The van der Waals surface area contributed by atoms with Crippen LogP contribution in [0.3, 0.4) is 0 Å². The standard InChI is InChI=1S/C31H48O7/c1-15(2)26-22-10-21-16(3)20-9-25(38-29-28(36)27(35)24(34)13-37-29)17(4)19(20)8-7-18(12-32)31(21,6)14-30(22,5)11-23(26)33/h7,12,15,17,19,21-29,33-36H,8-11,13-14H2,1-6H3/b18-7-,20-16-/t17-,19-,21+,22-,23+,24?,25-,26-,27?,28?,29?,30+,31+/m0/s1. The Morgan fingerprint density at radius 2 is 1.84 bits per heavy atom. The first-order valence-corrected chi connectivity index (χ1v) is 14.7. The van der Waals surface area contributed by atoms with Gasteiger partial charge in [-0.05, 0) is 85.5 Å². The van der Waals surface area contributed by atoms with E-state index >= 15 is 0 Å². The number of hydrogen-bond acceptors (Lipinski definition) is 7. The molecule has 4 aliphatic carbocycles. The quantitative estimate of drug-likeness (QED) is 0.324. The van der Waals surface area contributed by atoms with Crippen molar-refractivity contribution in [2.75, 3.05) is 6.61 Å². The highest BCUT2D eigenvalue weighted by molar-refractivity contribution is 5.76. The smallest absolute Gasteiger partial charge is 0.186 e. The van der Waals surface area contributed by atoms with Gasteiger partial charge < -0.3 is 29.9 Å². The van der Waals surface area contributed by atoms with Crippen LogP contribution in [0.15, 0.2) is 22.8 Å². The monoisotopic (exact) mass is 532 g/mol. The second kappa shape index (κ2) is 10.1. The number of ether oxygens (including phenoxy) is 2. The Bertz CT molecular complexity index is 989. The summed E-state index contributed by atoms with van der Waals surface area (Å²) in [6.07, 6.45) is 2.15. The van der Waals surface area contributed by atoms with Gasteiger partial charge >= 0.3 is 0 Å². The molecule has 0 aromatic heterocycles. The van der Waals surface area contributed by atoms with Gasteiger partial charge in [0.25, 0.3) is 0 Å². The average molecular weight is 533 g/mol. The van der Waals surface area contributed by atoms with Crippen molar-refractivity contribution < 1.29 is 34.7 Å². The summed E-state index contributed by atoms with van der Waals surface area (Å²) < 4.78 is 11.9. The van der Waals surface area contributed by atoms with Gasteiger partial charge in [0, 0.05) is 5.41 Å². The summed E-state index contributed by atoms with van der Waals surface area (Å²) in [5.74, 6) is 1.63. The van der Waals surface area contributed by atoms with Gasteiger partial charge in [-0.25, -0.2) is 0 Å². The lowest BCUT2D eigenvalue weighted by Gasteiger charge is -2.54. The maximum Gasteiger partial charge on any atom is 0.186 e. The first-order valence-electron chi connectivity index (χ1n) is 14.7. The van der Waals surface area contributed by atoms with E-state index in [1.807, 2.05) is 0 Å². The van der Waals surface area contributed by atoms with E-state index in [0.29, 0.717) is 11.8 Å². The van der Waals surface area contributed by atoms with E-state index in [1.54, 1.807) is 0 Å². The number of hydrogen-bond donors (Lipinski definition) is 4. The molecule has 214 valence electrons. The molecule has 13 atom stereocenters. The van der Waals surface area contributed by atoms with Crippen molar-refractivity contribution in [2.45, 2.75) is 110 Å². The maximum atomic E-state index is 12.6. The van der Waals surface area contributed by atoms with Crippen LogP contribution in [-0.4, -0.2) is 70.1 Å². The van der Waals surface area contributed by atoms with Crippen molar-refractivity contribution in [2.24, 2.45) is 46.3 Å². The lowest BCUT2D eigenvalue weighted by Crippen LogP contribution is -2.54. The number of aliphatic hydroxyl groups excluding tert-OH is 4. The predicted molar refractivity (Wildman–Crippen MR) is 143 cm³/mol. The second-order valence-electron chi connectivity index (χ2n) is 14.1. The molecule has 3 saturated carbocycles. The highest BCUT2D eigenvalue weighted by Crippen LogP contribution is 2.66. The molecular formula is C31H48O7. The average Bonchev–Trinajstić information content (AvgIpc) is 3.29. The molecule has 0 amide bonds. The third-order valence-electron chi connectivity index (χ3n) is 11.5. The van der Waals surface area contributed by atoms with Crippen LogP contribution in [0.1, 0.15) is 73.6 Å². The minimum Gasteiger partial charge on any atom is -0.393 e. The zero-order valence-corrected chi connectivity index (χ0v) is 23.8. The molecule has 5 aliphatic rings. The normalized spacial score (nSPS) is 54.4. The SMILES string of the molecule is C/C1=C2\C[C@H](OC3OCC(O)C(O)C3O)[C@@H](C)[C@@H]2C/C=C(/C=O)[C@@]2(C)C[C@@]3(C)C[C@@H](O)[C@@H](C(C)C)[C@@H]3C[C@H]12. The van der Waals surface area contributed by atoms with E-state index in [2.05, 4.69) is 47.6 Å². The number of rotatable bonds is 4. The highest BCUT2D eigenvalue weighted by Gasteiger charge is 2.60. The molecule has 1 aliphatic heterocycles. The number of fused-ring (bicyclic) bond motifs is 3. The van der Waals surface area contributed by atoms with Crippen molar-refractivity contribution in [3.63, 3.8) is 0 Å². The lowest BCUT2D eigenvalue weighted by molar-refractivity contribution is -0.285. The first kappa shape index (κ1) is 28.4. The van der Waals surface area contributed by atoms with Gasteiger partial charge in [0.1, 0.15) is 24.6 Å². The summed E-state index contributed by atoms with van der Waals surface area (Å²) in [6.45, 7) is 13.4. The topological polar surface area (TPSA) is 116 Å². The predicted octanol–water partition coefficient (Wildman–Crippen LogP) is 3.39. The molecule has 4 N–H and O–H groups in total. The summed E-state index contributed by atoms with van der Waals surface area (Å²) in [6, 6.07) is 0. The Hall–Kier alpha value is -1.09. The van der Waals surface area contributed by atoms with Crippen LogP contribution >= 0.6 is 0 Å². The van der Waals surface area contributed by atoms with E-state index in [1.165, 1.54) is 11.1 Å². The number of carbonyl (C=O) groups is 1. The highest BCUT2D eigenvalue weighted by atomic mass is 16.7. The summed E-state index contributed by atoms with van der Waals surface area (Å²) in [5, 5.41) is 41.6. The lowest BCUT2D eigenvalue weighted by atomic mass is 9.49. The van der Waals surface area contributed by atoms with Gasteiger partial charge in [-0.15, -0.1) is 0 Å². The molecule has 7 nitrogen and oxygen atoms in total.